The van der Waals surface area contributed by atoms with Gasteiger partial charge in [-0.15, -0.1) is 0 Å². The number of carbonyl (C=O) groups is 5. The van der Waals surface area contributed by atoms with Crippen LogP contribution in [0.25, 0.3) is 0 Å². The van der Waals surface area contributed by atoms with Gasteiger partial charge in [0.05, 0.1) is 30.3 Å². The number of aliphatic hydroxyl groups is 1. The van der Waals surface area contributed by atoms with E-state index in [2.05, 4.69) is 59.6 Å². The number of amides is 5. The van der Waals surface area contributed by atoms with Crippen LogP contribution in [-0.4, -0.2) is 109 Å². The lowest BCUT2D eigenvalue weighted by molar-refractivity contribution is -0.199. The van der Waals surface area contributed by atoms with Crippen LogP contribution in [0.2, 0.25) is 0 Å². The van der Waals surface area contributed by atoms with E-state index in [1.54, 1.807) is 0 Å². The van der Waals surface area contributed by atoms with Crippen LogP contribution < -0.4 is 37.6 Å². The smallest absolute Gasteiger partial charge is 0.404 e. The van der Waals surface area contributed by atoms with Crippen LogP contribution in [0.1, 0.15) is 165 Å². The van der Waals surface area contributed by atoms with Crippen molar-refractivity contribution >= 4 is 36.7 Å². The Labute approximate surface area is 361 Å². The van der Waals surface area contributed by atoms with Crippen LogP contribution in [0.3, 0.4) is 0 Å². The van der Waals surface area contributed by atoms with Gasteiger partial charge in [-0.25, -0.2) is 0 Å². The van der Waals surface area contributed by atoms with Gasteiger partial charge in [-0.1, -0.05) is 91.9 Å². The number of unbranched alkanes of at least 4 members (excludes halogenated alkanes) is 10. The van der Waals surface area contributed by atoms with E-state index in [1.165, 1.54) is 52.4 Å². The highest BCUT2D eigenvalue weighted by molar-refractivity contribution is 6.47. The van der Waals surface area contributed by atoms with Gasteiger partial charge in [0, 0.05) is 0 Å². The van der Waals surface area contributed by atoms with Crippen LogP contribution in [0.5, 0.6) is 0 Å². The van der Waals surface area contributed by atoms with E-state index >= 15 is 0 Å². The molecule has 2 bridgehead atoms. The van der Waals surface area contributed by atoms with E-state index < -0.39 is 72.6 Å². The number of rotatable bonds is 30. The predicted molar refractivity (Wildman–Crippen MR) is 235 cm³/mol. The fourth-order valence-electron chi connectivity index (χ4n) is 9.29. The summed E-state index contributed by atoms with van der Waals surface area (Å²) in [4.78, 5) is 67.1. The van der Waals surface area contributed by atoms with Crippen LogP contribution in [0.15, 0.2) is 0 Å². The minimum Gasteiger partial charge on any atom is -0.404 e. The molecular weight excluding hydrogens is 765 g/mol. The number of hydrogen-bond acceptors (Lipinski definition) is 10. The van der Waals surface area contributed by atoms with Crippen molar-refractivity contribution in [1.29, 1.82) is 0 Å². The monoisotopic (exact) mass is 848 g/mol. The normalized spacial score (nSPS) is 24.4. The Morgan fingerprint density at radius 1 is 0.717 bits per heavy atom. The zero-order valence-corrected chi connectivity index (χ0v) is 38.3. The molecule has 0 aromatic carbocycles. The zero-order valence-electron chi connectivity index (χ0n) is 38.3. The molecule has 0 aromatic rings. The summed E-state index contributed by atoms with van der Waals surface area (Å²) in [5.41, 5.74) is 5.48. The first-order valence-corrected chi connectivity index (χ1v) is 23.4. The SMILES string of the molecule is CCCCCCCCCCNCC(=O)N[C@@H](CCCCC)C(=O)N[C@H](C(=O)N[C@@H](C)C(=O)N[C@@H](CCCCN)C(=O)N[C@@H](C)B1O[C@@H]2C[C@@H]3C[C@@H](C3(C)C)[C@]2(C)O1)[C@@H](C)O. The van der Waals surface area contributed by atoms with E-state index in [0.29, 0.717) is 57.0 Å². The van der Waals surface area contributed by atoms with Gasteiger partial charge in [0.25, 0.3) is 0 Å². The molecule has 10 atom stereocenters. The summed E-state index contributed by atoms with van der Waals surface area (Å²) >= 11 is 0. The second kappa shape index (κ2) is 25.4. The summed E-state index contributed by atoms with van der Waals surface area (Å²) in [7, 11) is -0.633. The first kappa shape index (κ1) is 51.6. The maximum Gasteiger partial charge on any atom is 0.481 e. The molecule has 16 heteroatoms. The zero-order chi connectivity index (χ0) is 44.5. The van der Waals surface area contributed by atoms with Crippen molar-refractivity contribution in [2.75, 3.05) is 19.6 Å². The van der Waals surface area contributed by atoms with Gasteiger partial charge in [-0.3, -0.25) is 24.0 Å². The Morgan fingerprint density at radius 2 is 1.30 bits per heavy atom. The molecule has 3 aliphatic carbocycles. The van der Waals surface area contributed by atoms with Gasteiger partial charge in [-0.2, -0.15) is 0 Å². The first-order chi connectivity index (χ1) is 28.5. The van der Waals surface area contributed by atoms with Crippen molar-refractivity contribution in [3.8, 4) is 0 Å². The average Bonchev–Trinajstić information content (AvgIpc) is 3.57. The lowest BCUT2D eigenvalue weighted by atomic mass is 9.43. The van der Waals surface area contributed by atoms with Crippen molar-refractivity contribution < 1.29 is 38.4 Å². The second-order valence-corrected chi connectivity index (χ2v) is 18.7. The Balaban J connectivity index is 1.53. The van der Waals surface area contributed by atoms with Crippen molar-refractivity contribution in [2.24, 2.45) is 23.0 Å². The largest absolute Gasteiger partial charge is 0.481 e. The molecule has 0 aromatic heterocycles. The summed E-state index contributed by atoms with van der Waals surface area (Å²) in [5, 5.41) is 27.5. The third-order valence-corrected chi connectivity index (χ3v) is 13.4. The minimum atomic E-state index is -1.41. The molecule has 4 fully saturated rings. The number of nitrogens with one attached hydrogen (secondary N) is 6. The fourth-order valence-corrected chi connectivity index (χ4v) is 9.29. The Morgan fingerprint density at radius 3 is 1.92 bits per heavy atom. The van der Waals surface area contributed by atoms with Gasteiger partial charge < -0.3 is 52.0 Å². The molecule has 4 rings (SSSR count). The highest BCUT2D eigenvalue weighted by Crippen LogP contribution is 2.65. The average molecular weight is 848 g/mol. The lowest BCUT2D eigenvalue weighted by Crippen LogP contribution is -2.65. The molecule has 9 N–H and O–H groups in total. The van der Waals surface area contributed by atoms with E-state index in [9.17, 15) is 29.1 Å². The van der Waals surface area contributed by atoms with Gasteiger partial charge in [-0.05, 0) is 103 Å². The molecule has 0 unspecified atom stereocenters. The number of aliphatic hydroxyl groups excluding tert-OH is 1. The maximum absolute atomic E-state index is 13.7. The fraction of sp³-hybridized carbons (Fsp3) is 0.886. The van der Waals surface area contributed by atoms with Crippen molar-refractivity contribution in [1.82, 2.24) is 31.9 Å². The molecule has 15 nitrogen and oxygen atoms in total. The molecular formula is C44H82BN7O8. The topological polar surface area (TPSA) is 222 Å². The van der Waals surface area contributed by atoms with Gasteiger partial charge in [0.2, 0.25) is 29.5 Å². The van der Waals surface area contributed by atoms with Gasteiger partial charge in [0.15, 0.2) is 0 Å². The van der Waals surface area contributed by atoms with Crippen LogP contribution in [0.4, 0.5) is 0 Å². The standard InChI is InChI=1S/C44H82BN7O8/c1-9-11-13-14-15-16-17-21-25-47-28-37(54)50-33(22-18-12-10-2)41(57)52-38(30(4)53)42(58)48-29(3)39(55)51-34(23-19-20-24-46)40(56)49-31(5)45-59-36-27-32-26-35(43(32,6)7)44(36,8)60-45/h29-36,38,47,53H,9-28,46H2,1-8H3,(H,48,58)(H,49,56)(H,50,54)(H,51,55)(H,52,57)/t29-,30+,31-,32-,33-,34-,35-,36+,38-,44-/m0/s1. The molecule has 4 aliphatic rings. The highest BCUT2D eigenvalue weighted by Gasteiger charge is 2.68. The summed E-state index contributed by atoms with van der Waals surface area (Å²) in [5.74, 6) is -2.26. The summed E-state index contributed by atoms with van der Waals surface area (Å²) in [6.45, 7) is 16.8. The Kier molecular flexibility index (Phi) is 21.8. The molecule has 344 valence electrons. The maximum atomic E-state index is 13.7. The predicted octanol–water partition coefficient (Wildman–Crippen LogP) is 3.54. The Bertz CT molecular complexity index is 1370. The van der Waals surface area contributed by atoms with Crippen molar-refractivity contribution in [2.45, 2.75) is 212 Å². The third kappa shape index (κ3) is 14.9. The first-order valence-electron chi connectivity index (χ1n) is 23.4. The van der Waals surface area contributed by atoms with E-state index in [1.807, 2.05) is 13.8 Å². The molecule has 0 radical (unpaired) electrons. The summed E-state index contributed by atoms with van der Waals surface area (Å²) in [6, 6.07) is -4.37. The molecule has 60 heavy (non-hydrogen) atoms. The summed E-state index contributed by atoms with van der Waals surface area (Å²) < 4.78 is 12.9. The van der Waals surface area contributed by atoms with Crippen LogP contribution in [-0.2, 0) is 33.3 Å². The molecule has 1 heterocycles. The second-order valence-electron chi connectivity index (χ2n) is 18.7. The number of nitrogens with two attached hydrogens (primary N) is 1. The Hall–Kier alpha value is -2.79. The van der Waals surface area contributed by atoms with E-state index in [4.69, 9.17) is 15.0 Å². The third-order valence-electron chi connectivity index (χ3n) is 13.4. The number of hydrogen-bond donors (Lipinski definition) is 8. The molecule has 3 saturated carbocycles. The summed E-state index contributed by atoms with van der Waals surface area (Å²) in [6.07, 6.45) is 14.6. The van der Waals surface area contributed by atoms with Gasteiger partial charge >= 0.3 is 7.12 Å². The van der Waals surface area contributed by atoms with Gasteiger partial charge in [0.1, 0.15) is 24.2 Å². The van der Waals surface area contributed by atoms with E-state index in [0.717, 1.165) is 38.5 Å². The van der Waals surface area contributed by atoms with E-state index in [-0.39, 0.29) is 24.0 Å². The van der Waals surface area contributed by atoms with Crippen molar-refractivity contribution in [3.63, 3.8) is 0 Å². The van der Waals surface area contributed by atoms with Crippen molar-refractivity contribution in [3.05, 3.63) is 0 Å². The quantitative estimate of drug-likeness (QED) is 0.0388. The van der Waals surface area contributed by atoms with Crippen LogP contribution >= 0.6 is 0 Å². The lowest BCUT2D eigenvalue weighted by Gasteiger charge is -2.64. The highest BCUT2D eigenvalue weighted by atomic mass is 16.7. The molecule has 1 aliphatic heterocycles. The minimum absolute atomic E-state index is 0.0411. The molecule has 5 amide bonds. The van der Waals surface area contributed by atoms with Crippen LogP contribution in [0, 0.1) is 17.3 Å². The molecule has 1 saturated heterocycles. The molecule has 0 spiro atoms. The number of carbonyl (C=O) groups excluding carboxylic acids is 5.